The molecule has 0 saturated heterocycles. The normalized spacial score (nSPS) is 11.0. The molecule has 1 aromatic carbocycles. The maximum absolute atomic E-state index is 5.96. The predicted molar refractivity (Wildman–Crippen MR) is 76.9 cm³/mol. The maximum atomic E-state index is 5.96. The molecule has 0 aliphatic carbocycles. The van der Waals surface area contributed by atoms with Crippen LogP contribution in [0.4, 0.5) is 6.01 Å². The van der Waals surface area contributed by atoms with E-state index in [0.717, 1.165) is 12.1 Å². The van der Waals surface area contributed by atoms with E-state index in [9.17, 15) is 0 Å². The second kappa shape index (κ2) is 6.26. The van der Waals surface area contributed by atoms with Crippen LogP contribution in [-0.2, 0) is 6.42 Å². The Morgan fingerprint density at radius 1 is 1.26 bits per heavy atom. The zero-order valence-corrected chi connectivity index (χ0v) is 12.3. The molecule has 1 N–H and O–H groups in total. The lowest BCUT2D eigenvalue weighted by Crippen LogP contribution is -2.08. The Morgan fingerprint density at radius 3 is 2.74 bits per heavy atom. The van der Waals surface area contributed by atoms with Gasteiger partial charge in [0.05, 0.1) is 10.0 Å². The Hall–Kier alpha value is -1.26. The van der Waals surface area contributed by atoms with Gasteiger partial charge in [-0.1, -0.05) is 48.3 Å². The molecule has 0 atom stereocenters. The highest BCUT2D eigenvalue weighted by atomic mass is 35.5. The minimum absolute atomic E-state index is 0.448. The standard InChI is InChI=1S/C13H15Cl2N3O/c1-8(2)7-16-13-17-12(18-19-13)6-9-3-4-10(14)11(15)5-9/h3-5,8H,6-7H2,1-2H3,(H,16,17,18). The van der Waals surface area contributed by atoms with E-state index in [0.29, 0.717) is 34.2 Å². The van der Waals surface area contributed by atoms with Crippen molar-refractivity contribution in [1.29, 1.82) is 0 Å². The van der Waals surface area contributed by atoms with Crippen molar-refractivity contribution in [3.63, 3.8) is 0 Å². The summed E-state index contributed by atoms with van der Waals surface area (Å²) in [5.41, 5.74) is 0.991. The number of halogens is 2. The molecule has 0 aliphatic heterocycles. The molecule has 2 rings (SSSR count). The van der Waals surface area contributed by atoms with E-state index in [1.165, 1.54) is 0 Å². The number of nitrogens with zero attached hydrogens (tertiary/aromatic N) is 2. The molecular formula is C13H15Cl2N3O. The Balaban J connectivity index is 2.01. The van der Waals surface area contributed by atoms with Crippen LogP contribution in [0.25, 0.3) is 0 Å². The van der Waals surface area contributed by atoms with E-state index in [4.69, 9.17) is 27.7 Å². The molecule has 0 saturated carbocycles. The van der Waals surface area contributed by atoms with Gasteiger partial charge in [-0.25, -0.2) is 0 Å². The molecule has 2 aromatic rings. The van der Waals surface area contributed by atoms with Crippen molar-refractivity contribution in [2.75, 3.05) is 11.9 Å². The van der Waals surface area contributed by atoms with Crippen molar-refractivity contribution in [2.45, 2.75) is 20.3 Å². The van der Waals surface area contributed by atoms with Crippen molar-refractivity contribution in [2.24, 2.45) is 5.92 Å². The van der Waals surface area contributed by atoms with Crippen LogP contribution < -0.4 is 5.32 Å². The lowest BCUT2D eigenvalue weighted by Gasteiger charge is -2.02. The van der Waals surface area contributed by atoms with Gasteiger partial charge >= 0.3 is 6.01 Å². The van der Waals surface area contributed by atoms with Crippen LogP contribution in [-0.4, -0.2) is 16.7 Å². The minimum atomic E-state index is 0.448. The van der Waals surface area contributed by atoms with Gasteiger partial charge < -0.3 is 9.84 Å². The van der Waals surface area contributed by atoms with E-state index in [2.05, 4.69) is 29.3 Å². The van der Waals surface area contributed by atoms with E-state index < -0.39 is 0 Å². The highest BCUT2D eigenvalue weighted by molar-refractivity contribution is 6.42. The zero-order valence-electron chi connectivity index (χ0n) is 10.8. The summed E-state index contributed by atoms with van der Waals surface area (Å²) < 4.78 is 5.11. The average molecular weight is 300 g/mol. The Kier molecular flexibility index (Phi) is 4.66. The number of aromatic nitrogens is 2. The van der Waals surface area contributed by atoms with Crippen LogP contribution >= 0.6 is 23.2 Å². The summed E-state index contributed by atoms with van der Waals surface area (Å²) in [6, 6.07) is 5.91. The molecule has 0 spiro atoms. The monoisotopic (exact) mass is 299 g/mol. The van der Waals surface area contributed by atoms with Crippen LogP contribution in [0.15, 0.2) is 22.7 Å². The Labute approximate surface area is 122 Å². The molecular weight excluding hydrogens is 285 g/mol. The molecule has 4 nitrogen and oxygen atoms in total. The van der Waals surface area contributed by atoms with Crippen LogP contribution in [0, 0.1) is 5.92 Å². The SMILES string of the molecule is CC(C)CNc1nc(Cc2ccc(Cl)c(Cl)c2)no1. The third-order valence-corrected chi connectivity index (χ3v) is 3.21. The fourth-order valence-electron chi connectivity index (χ4n) is 1.52. The third kappa shape index (κ3) is 4.11. The number of hydrogen-bond acceptors (Lipinski definition) is 4. The Bertz CT molecular complexity index is 555. The maximum Gasteiger partial charge on any atom is 0.321 e. The summed E-state index contributed by atoms with van der Waals surface area (Å²) in [5.74, 6) is 1.13. The first kappa shape index (κ1) is 14.2. The van der Waals surface area contributed by atoms with Crippen molar-refractivity contribution >= 4 is 29.2 Å². The van der Waals surface area contributed by atoms with Gasteiger partial charge in [0.2, 0.25) is 0 Å². The first-order chi connectivity index (χ1) is 9.04. The number of benzene rings is 1. The van der Waals surface area contributed by atoms with Gasteiger partial charge in [-0.15, -0.1) is 0 Å². The second-order valence-corrected chi connectivity index (χ2v) is 5.53. The fraction of sp³-hybridized carbons (Fsp3) is 0.385. The topological polar surface area (TPSA) is 51.0 Å². The molecule has 0 amide bonds. The summed E-state index contributed by atoms with van der Waals surface area (Å²) in [4.78, 5) is 4.26. The van der Waals surface area contributed by atoms with Gasteiger partial charge in [0.25, 0.3) is 0 Å². The quantitative estimate of drug-likeness (QED) is 0.905. The van der Waals surface area contributed by atoms with Crippen LogP contribution in [0.5, 0.6) is 0 Å². The number of nitrogens with one attached hydrogen (secondary N) is 1. The van der Waals surface area contributed by atoms with Crippen molar-refractivity contribution in [3.8, 4) is 0 Å². The summed E-state index contributed by atoms with van der Waals surface area (Å²) in [6.07, 6.45) is 0.559. The van der Waals surface area contributed by atoms with Gasteiger partial charge in [-0.05, 0) is 23.6 Å². The second-order valence-electron chi connectivity index (χ2n) is 4.72. The molecule has 1 heterocycles. The zero-order chi connectivity index (χ0) is 13.8. The number of rotatable bonds is 5. The van der Waals surface area contributed by atoms with Crippen molar-refractivity contribution < 1.29 is 4.52 Å². The summed E-state index contributed by atoms with van der Waals surface area (Å²) in [7, 11) is 0. The highest BCUT2D eigenvalue weighted by Crippen LogP contribution is 2.23. The molecule has 1 aromatic heterocycles. The number of hydrogen-bond donors (Lipinski definition) is 1. The van der Waals surface area contributed by atoms with E-state index in [-0.39, 0.29) is 0 Å². The molecule has 0 fully saturated rings. The molecule has 102 valence electrons. The third-order valence-electron chi connectivity index (χ3n) is 2.48. The molecule has 19 heavy (non-hydrogen) atoms. The van der Waals surface area contributed by atoms with E-state index >= 15 is 0 Å². The average Bonchev–Trinajstić information content (AvgIpc) is 2.79. The first-order valence-corrected chi connectivity index (χ1v) is 6.80. The lowest BCUT2D eigenvalue weighted by molar-refractivity contribution is 0.421. The smallest absolute Gasteiger partial charge is 0.321 e. The van der Waals surface area contributed by atoms with Crippen molar-refractivity contribution in [3.05, 3.63) is 39.6 Å². The van der Waals surface area contributed by atoms with Gasteiger partial charge in [0.15, 0.2) is 5.82 Å². The number of anilines is 1. The van der Waals surface area contributed by atoms with Crippen LogP contribution in [0.2, 0.25) is 10.0 Å². The molecule has 0 radical (unpaired) electrons. The van der Waals surface area contributed by atoms with Gasteiger partial charge in [-0.3, -0.25) is 0 Å². The first-order valence-electron chi connectivity index (χ1n) is 6.05. The molecule has 0 unspecified atom stereocenters. The lowest BCUT2D eigenvalue weighted by atomic mass is 10.1. The van der Waals surface area contributed by atoms with Gasteiger partial charge in [0, 0.05) is 13.0 Å². The summed E-state index contributed by atoms with van der Waals surface area (Å²) in [5, 5.41) is 8.07. The van der Waals surface area contributed by atoms with E-state index in [1.807, 2.05) is 12.1 Å². The minimum Gasteiger partial charge on any atom is -0.338 e. The van der Waals surface area contributed by atoms with Gasteiger partial charge in [0.1, 0.15) is 0 Å². The summed E-state index contributed by atoms with van der Waals surface area (Å²) in [6.45, 7) is 5.02. The van der Waals surface area contributed by atoms with Crippen LogP contribution in [0.1, 0.15) is 25.2 Å². The molecule has 0 bridgehead atoms. The molecule has 6 heteroatoms. The fourth-order valence-corrected chi connectivity index (χ4v) is 1.84. The Morgan fingerprint density at radius 2 is 2.05 bits per heavy atom. The molecule has 0 aliphatic rings. The summed E-state index contributed by atoms with van der Waals surface area (Å²) >= 11 is 11.8. The van der Waals surface area contributed by atoms with Crippen molar-refractivity contribution in [1.82, 2.24) is 10.1 Å². The van der Waals surface area contributed by atoms with E-state index in [1.54, 1.807) is 6.07 Å². The largest absolute Gasteiger partial charge is 0.338 e. The highest BCUT2D eigenvalue weighted by Gasteiger charge is 2.08. The van der Waals surface area contributed by atoms with Gasteiger partial charge in [-0.2, -0.15) is 4.98 Å². The predicted octanol–water partition coefficient (Wildman–Crippen LogP) is 4.04. The van der Waals surface area contributed by atoms with Crippen LogP contribution in [0.3, 0.4) is 0 Å².